The average molecular weight is 621 g/mol. The van der Waals surface area contributed by atoms with Gasteiger partial charge >= 0.3 is 5.97 Å². The molecule has 2 heterocycles. The molecular formula is C30H32N6O7S. The Hall–Kier alpha value is -5.11. The molecule has 1 aliphatic heterocycles. The van der Waals surface area contributed by atoms with Gasteiger partial charge in [0.05, 0.1) is 11.5 Å². The summed E-state index contributed by atoms with van der Waals surface area (Å²) in [6.07, 6.45) is 1.88. The van der Waals surface area contributed by atoms with Crippen LogP contribution < -0.4 is 25.4 Å². The highest BCUT2D eigenvalue weighted by Gasteiger charge is 2.22. The van der Waals surface area contributed by atoms with Crippen molar-refractivity contribution in [3.05, 3.63) is 78.4 Å². The van der Waals surface area contributed by atoms with Gasteiger partial charge in [0.25, 0.3) is 16.0 Å². The molecule has 13 nitrogen and oxygen atoms in total. The van der Waals surface area contributed by atoms with Crippen molar-refractivity contribution in [3.63, 3.8) is 0 Å². The molecule has 0 fully saturated rings. The van der Waals surface area contributed by atoms with Crippen LogP contribution in [0, 0.1) is 0 Å². The zero-order valence-corrected chi connectivity index (χ0v) is 24.5. The highest BCUT2D eigenvalue weighted by molar-refractivity contribution is 7.92. The van der Waals surface area contributed by atoms with Gasteiger partial charge in [0, 0.05) is 31.6 Å². The summed E-state index contributed by atoms with van der Waals surface area (Å²) in [5.41, 5.74) is 1.70. The van der Waals surface area contributed by atoms with E-state index >= 15 is 0 Å². The number of carbonyl (C=O) groups excluding carboxylic acids is 1. The number of sulfonamides is 1. The van der Waals surface area contributed by atoms with Gasteiger partial charge in [-0.1, -0.05) is 30.3 Å². The summed E-state index contributed by atoms with van der Waals surface area (Å²) in [5, 5.41) is 18.4. The van der Waals surface area contributed by atoms with Crippen molar-refractivity contribution in [2.75, 3.05) is 29.7 Å². The van der Waals surface area contributed by atoms with Gasteiger partial charge in [0.2, 0.25) is 5.91 Å². The Morgan fingerprint density at radius 3 is 2.59 bits per heavy atom. The number of para-hydroxylation sites is 1. The van der Waals surface area contributed by atoms with Crippen molar-refractivity contribution < 1.29 is 32.3 Å². The zero-order chi connectivity index (χ0) is 30.9. The van der Waals surface area contributed by atoms with E-state index in [0.29, 0.717) is 49.0 Å². The highest BCUT2D eigenvalue weighted by Crippen LogP contribution is 2.25. The third-order valence-electron chi connectivity index (χ3n) is 6.63. The molecular weight excluding hydrogens is 588 g/mol. The van der Waals surface area contributed by atoms with Gasteiger partial charge in [-0.3, -0.25) is 19.8 Å². The number of aliphatic imine (C=N–C) groups is 1. The maximum Gasteiger partial charge on any atom is 0.326 e. The van der Waals surface area contributed by atoms with E-state index in [9.17, 15) is 23.1 Å². The molecule has 44 heavy (non-hydrogen) atoms. The first-order valence-electron chi connectivity index (χ1n) is 14.0. The summed E-state index contributed by atoms with van der Waals surface area (Å²) in [4.78, 5) is 32.5. The van der Waals surface area contributed by atoms with Crippen molar-refractivity contribution in [1.82, 2.24) is 15.6 Å². The Morgan fingerprint density at radius 2 is 1.86 bits per heavy atom. The number of rotatable bonds is 13. The first-order chi connectivity index (χ1) is 21.2. The Bertz CT molecular complexity index is 1740. The van der Waals surface area contributed by atoms with Gasteiger partial charge in [0.1, 0.15) is 17.3 Å². The maximum atomic E-state index is 12.8. The molecule has 0 aliphatic carbocycles. The molecule has 0 bridgehead atoms. The summed E-state index contributed by atoms with van der Waals surface area (Å²) < 4.78 is 39.5. The predicted octanol–water partition coefficient (Wildman–Crippen LogP) is 3.36. The molecule has 0 unspecified atom stereocenters. The molecule has 0 radical (unpaired) electrons. The molecule has 1 aliphatic rings. The molecule has 1 amide bonds. The van der Waals surface area contributed by atoms with Crippen LogP contribution in [0.2, 0.25) is 0 Å². The van der Waals surface area contributed by atoms with Crippen molar-refractivity contribution in [2.24, 2.45) is 4.99 Å². The highest BCUT2D eigenvalue weighted by atomic mass is 32.2. The number of fused-ring (bicyclic) bond motifs is 1. The van der Waals surface area contributed by atoms with Crippen LogP contribution in [0.1, 0.15) is 24.8 Å². The summed E-state index contributed by atoms with van der Waals surface area (Å²) in [7, 11) is -3.87. The molecule has 5 N–H and O–H groups in total. The number of aromatic nitrogens is 1. The maximum absolute atomic E-state index is 12.8. The molecule has 3 aromatic carbocycles. The number of carbonyl (C=O) groups is 2. The normalized spacial score (nSPS) is 13.8. The number of ether oxygens (including phenoxy) is 1. The standard InChI is InChI=1S/C30H32N6O7S/c37-27(35-29-31-15-5-16-32-29)8-4-17-42-22-11-9-20(10-12-22)18-25(28(38)39)34-30-33-24-19-23(13-14-26(24)43-30)44(40,41)36-21-6-2-1-3-7-21/h1-3,6-7,9-14,19,25,36H,4-5,8,15-18H2,(H,33,34)(H,38,39)(H2,31,32,35,37)/t25-/m0/s1. The molecule has 4 aromatic rings. The number of carboxylic acids is 1. The number of carboxylic acid groups (broad SMARTS) is 1. The first-order valence-corrected chi connectivity index (χ1v) is 15.5. The number of nitrogens with zero attached hydrogens (tertiary/aromatic N) is 2. The Balaban J connectivity index is 1.14. The van der Waals surface area contributed by atoms with Crippen LogP contribution in [0.4, 0.5) is 11.7 Å². The second-order valence-corrected chi connectivity index (χ2v) is 11.7. The fraction of sp³-hybridized carbons (Fsp3) is 0.267. The summed E-state index contributed by atoms with van der Waals surface area (Å²) in [6, 6.07) is 18.6. The number of anilines is 2. The van der Waals surface area contributed by atoms with Crippen LogP contribution in [-0.2, 0) is 26.0 Å². The molecule has 0 spiro atoms. The van der Waals surface area contributed by atoms with E-state index in [0.717, 1.165) is 18.5 Å². The van der Waals surface area contributed by atoms with E-state index in [2.05, 4.69) is 30.6 Å². The van der Waals surface area contributed by atoms with Crippen molar-refractivity contribution >= 4 is 50.7 Å². The van der Waals surface area contributed by atoms with Crippen LogP contribution in [0.5, 0.6) is 5.75 Å². The summed E-state index contributed by atoms with van der Waals surface area (Å²) in [5.74, 6) is -0.136. The van der Waals surface area contributed by atoms with Gasteiger partial charge in [-0.05, 0) is 60.9 Å². The average Bonchev–Trinajstić information content (AvgIpc) is 3.42. The van der Waals surface area contributed by atoms with Crippen LogP contribution in [-0.4, -0.2) is 62.1 Å². The van der Waals surface area contributed by atoms with E-state index in [1.165, 1.54) is 18.2 Å². The van der Waals surface area contributed by atoms with Crippen molar-refractivity contribution in [1.29, 1.82) is 0 Å². The number of benzene rings is 3. The quantitative estimate of drug-likeness (QED) is 0.139. The summed E-state index contributed by atoms with van der Waals surface area (Å²) in [6.45, 7) is 1.83. The van der Waals surface area contributed by atoms with Crippen LogP contribution in [0.25, 0.3) is 11.1 Å². The summed E-state index contributed by atoms with van der Waals surface area (Å²) >= 11 is 0. The number of amides is 1. The second kappa shape index (κ2) is 13.9. The van der Waals surface area contributed by atoms with E-state index in [1.807, 2.05) is 0 Å². The van der Waals surface area contributed by atoms with Gasteiger partial charge in [-0.15, -0.1) is 0 Å². The van der Waals surface area contributed by atoms with Crippen LogP contribution in [0.3, 0.4) is 0 Å². The van der Waals surface area contributed by atoms with Crippen molar-refractivity contribution in [2.45, 2.75) is 36.6 Å². The smallest absolute Gasteiger partial charge is 0.326 e. The van der Waals surface area contributed by atoms with Gasteiger partial charge in [-0.2, -0.15) is 4.98 Å². The Kier molecular flexibility index (Phi) is 9.59. The minimum atomic E-state index is -3.87. The number of hydrogen-bond donors (Lipinski definition) is 5. The van der Waals surface area contributed by atoms with E-state index in [1.54, 1.807) is 54.6 Å². The molecule has 1 aromatic heterocycles. The van der Waals surface area contributed by atoms with Crippen molar-refractivity contribution in [3.8, 4) is 5.75 Å². The number of nitrogens with one attached hydrogen (secondary N) is 4. The lowest BCUT2D eigenvalue weighted by Crippen LogP contribution is -2.43. The lowest BCUT2D eigenvalue weighted by atomic mass is 10.1. The SMILES string of the molecule is O=C(CCCOc1ccc(C[C@H](Nc2nc3cc(S(=O)(=O)Nc4ccccc4)ccc3o2)C(=O)O)cc1)NC1=NCCCN1. The molecule has 14 heteroatoms. The fourth-order valence-corrected chi connectivity index (χ4v) is 5.47. The van der Waals surface area contributed by atoms with E-state index < -0.39 is 22.0 Å². The Morgan fingerprint density at radius 1 is 1.07 bits per heavy atom. The van der Waals surface area contributed by atoms with Gasteiger partial charge in [-0.25, -0.2) is 13.2 Å². The third kappa shape index (κ3) is 8.25. The number of aliphatic carboxylic acids is 1. The number of oxazole rings is 1. The van der Waals surface area contributed by atoms with Crippen LogP contribution >= 0.6 is 0 Å². The molecule has 1 atom stereocenters. The second-order valence-electron chi connectivity index (χ2n) is 10.0. The number of guanidine groups is 1. The van der Waals surface area contributed by atoms with Gasteiger partial charge < -0.3 is 24.9 Å². The fourth-order valence-electron chi connectivity index (χ4n) is 4.40. The zero-order valence-electron chi connectivity index (χ0n) is 23.7. The Labute approximate surface area is 253 Å². The molecule has 0 saturated carbocycles. The monoisotopic (exact) mass is 620 g/mol. The van der Waals surface area contributed by atoms with E-state index in [-0.39, 0.29) is 28.8 Å². The molecule has 0 saturated heterocycles. The topological polar surface area (TPSA) is 184 Å². The number of hydrogen-bond acceptors (Lipinski definition) is 10. The van der Waals surface area contributed by atoms with Crippen LogP contribution in [0.15, 0.2) is 87.1 Å². The molecule has 230 valence electrons. The third-order valence-corrected chi connectivity index (χ3v) is 8.01. The largest absolute Gasteiger partial charge is 0.494 e. The minimum absolute atomic E-state index is 0.0132. The lowest BCUT2D eigenvalue weighted by molar-refractivity contribution is -0.138. The first kappa shape index (κ1) is 30.4. The predicted molar refractivity (Wildman–Crippen MR) is 164 cm³/mol. The van der Waals surface area contributed by atoms with Gasteiger partial charge in [0.15, 0.2) is 11.5 Å². The lowest BCUT2D eigenvalue weighted by Gasteiger charge is -2.15. The van der Waals surface area contributed by atoms with E-state index in [4.69, 9.17) is 9.15 Å². The molecule has 5 rings (SSSR count). The minimum Gasteiger partial charge on any atom is -0.494 e.